The van der Waals surface area contributed by atoms with Crippen LogP contribution in [0.2, 0.25) is 0 Å². The number of carbonyl (C=O) groups is 2. The topological polar surface area (TPSA) is 74.3 Å². The van der Waals surface area contributed by atoms with E-state index in [-0.39, 0.29) is 17.2 Å². The van der Waals surface area contributed by atoms with Crippen LogP contribution in [0.5, 0.6) is 0 Å². The van der Waals surface area contributed by atoms with Crippen molar-refractivity contribution in [2.24, 2.45) is 0 Å². The average Bonchev–Trinajstić information content (AvgIpc) is 2.58. The van der Waals surface area contributed by atoms with Crippen molar-refractivity contribution >= 4 is 17.5 Å². The summed E-state index contributed by atoms with van der Waals surface area (Å²) in [5.41, 5.74) is -0.453. The molecule has 0 saturated carbocycles. The van der Waals surface area contributed by atoms with Gasteiger partial charge in [-0.05, 0) is 38.4 Å². The normalized spacial score (nSPS) is 10.6. The van der Waals surface area contributed by atoms with E-state index in [1.54, 1.807) is 0 Å². The van der Waals surface area contributed by atoms with Gasteiger partial charge < -0.3 is 15.5 Å². The molecule has 1 aromatic carbocycles. The van der Waals surface area contributed by atoms with Crippen LogP contribution in [0.4, 0.5) is 14.5 Å². The number of rotatable bonds is 6. The molecule has 2 amide bonds. The number of likely N-dealkylation sites (N-methyl/N-ethyl adjacent to an activating group) is 1. The molecule has 0 aliphatic rings. The summed E-state index contributed by atoms with van der Waals surface area (Å²) in [4.78, 5) is 30.0. The van der Waals surface area contributed by atoms with E-state index in [1.165, 1.54) is 24.4 Å². The van der Waals surface area contributed by atoms with Crippen LogP contribution in [-0.4, -0.2) is 48.9 Å². The monoisotopic (exact) mass is 348 g/mol. The third-order valence-corrected chi connectivity index (χ3v) is 3.30. The van der Waals surface area contributed by atoms with Gasteiger partial charge in [-0.25, -0.2) is 8.78 Å². The van der Waals surface area contributed by atoms with Crippen LogP contribution in [0.25, 0.3) is 0 Å². The number of hydrogen-bond acceptors (Lipinski definition) is 4. The summed E-state index contributed by atoms with van der Waals surface area (Å²) >= 11 is 0. The maximum atomic E-state index is 13.6. The van der Waals surface area contributed by atoms with Crippen molar-refractivity contribution in [1.29, 1.82) is 0 Å². The van der Waals surface area contributed by atoms with Gasteiger partial charge in [-0.15, -0.1) is 0 Å². The average molecular weight is 348 g/mol. The highest BCUT2D eigenvalue weighted by Gasteiger charge is 2.16. The highest BCUT2D eigenvalue weighted by Crippen LogP contribution is 2.18. The van der Waals surface area contributed by atoms with Gasteiger partial charge >= 0.3 is 0 Å². The molecule has 0 aliphatic carbocycles. The van der Waals surface area contributed by atoms with Gasteiger partial charge in [0.15, 0.2) is 0 Å². The van der Waals surface area contributed by atoms with Crippen LogP contribution in [0.3, 0.4) is 0 Å². The zero-order valence-electron chi connectivity index (χ0n) is 13.8. The predicted molar refractivity (Wildman–Crippen MR) is 89.4 cm³/mol. The van der Waals surface area contributed by atoms with Gasteiger partial charge in [0.1, 0.15) is 23.0 Å². The lowest BCUT2D eigenvalue weighted by molar-refractivity contribution is 0.0951. The second-order valence-corrected chi connectivity index (χ2v) is 5.54. The minimum Gasteiger partial charge on any atom is -0.351 e. The van der Waals surface area contributed by atoms with Gasteiger partial charge in [0.25, 0.3) is 11.8 Å². The van der Waals surface area contributed by atoms with E-state index in [9.17, 15) is 18.4 Å². The Morgan fingerprint density at radius 2 is 1.80 bits per heavy atom. The van der Waals surface area contributed by atoms with Crippen LogP contribution < -0.4 is 10.6 Å². The molecule has 8 heteroatoms. The number of benzene rings is 1. The van der Waals surface area contributed by atoms with Crippen molar-refractivity contribution in [3.8, 4) is 0 Å². The molecule has 1 heterocycles. The van der Waals surface area contributed by atoms with Crippen LogP contribution in [0.15, 0.2) is 36.5 Å². The molecule has 1 aromatic heterocycles. The Bertz CT molecular complexity index is 761. The summed E-state index contributed by atoms with van der Waals surface area (Å²) in [5, 5.41) is 4.83. The Kier molecular flexibility index (Phi) is 6.13. The second-order valence-electron chi connectivity index (χ2n) is 5.54. The Balaban J connectivity index is 2.10. The summed E-state index contributed by atoms with van der Waals surface area (Å²) < 4.78 is 27.2. The van der Waals surface area contributed by atoms with Gasteiger partial charge in [-0.1, -0.05) is 6.07 Å². The van der Waals surface area contributed by atoms with Crippen molar-refractivity contribution in [3.05, 3.63) is 59.4 Å². The predicted octanol–water partition coefficient (Wildman–Crippen LogP) is 1.90. The number of hydrogen-bond donors (Lipinski definition) is 2. The molecule has 2 aromatic rings. The Morgan fingerprint density at radius 1 is 1.12 bits per heavy atom. The Hall–Kier alpha value is -2.87. The summed E-state index contributed by atoms with van der Waals surface area (Å²) in [6, 6.07) is 5.96. The van der Waals surface area contributed by atoms with Gasteiger partial charge in [-0.3, -0.25) is 14.6 Å². The number of anilines is 1. The van der Waals surface area contributed by atoms with E-state index in [4.69, 9.17) is 0 Å². The van der Waals surface area contributed by atoms with E-state index in [1.807, 2.05) is 19.0 Å². The van der Waals surface area contributed by atoms with Crippen molar-refractivity contribution in [3.63, 3.8) is 0 Å². The number of aromatic nitrogens is 1. The lowest BCUT2D eigenvalue weighted by Gasteiger charge is -2.11. The zero-order chi connectivity index (χ0) is 18.4. The zero-order valence-corrected chi connectivity index (χ0v) is 13.8. The highest BCUT2D eigenvalue weighted by molar-refractivity contribution is 6.04. The van der Waals surface area contributed by atoms with Crippen molar-refractivity contribution in [2.75, 3.05) is 32.5 Å². The Morgan fingerprint density at radius 3 is 2.44 bits per heavy atom. The summed E-state index contributed by atoms with van der Waals surface area (Å²) in [6.45, 7) is 1.10. The number of carbonyl (C=O) groups excluding carboxylic acids is 2. The molecule has 2 rings (SSSR count). The fourth-order valence-corrected chi connectivity index (χ4v) is 1.99. The third kappa shape index (κ3) is 5.05. The van der Waals surface area contributed by atoms with E-state index in [0.29, 0.717) is 13.1 Å². The maximum Gasteiger partial charge on any atom is 0.274 e. The van der Waals surface area contributed by atoms with Gasteiger partial charge in [0.05, 0.1) is 0 Å². The molecule has 0 bridgehead atoms. The number of nitrogens with one attached hydrogen (secondary N) is 2. The van der Waals surface area contributed by atoms with Crippen LogP contribution >= 0.6 is 0 Å². The molecule has 6 nitrogen and oxygen atoms in total. The quantitative estimate of drug-likeness (QED) is 0.836. The second kappa shape index (κ2) is 8.29. The van der Waals surface area contributed by atoms with E-state index in [0.717, 1.165) is 12.1 Å². The first-order chi connectivity index (χ1) is 11.9. The van der Waals surface area contributed by atoms with E-state index < -0.39 is 23.2 Å². The molecule has 132 valence electrons. The molecule has 0 aliphatic heterocycles. The van der Waals surface area contributed by atoms with Crippen molar-refractivity contribution < 1.29 is 18.4 Å². The van der Waals surface area contributed by atoms with Crippen LogP contribution in [-0.2, 0) is 0 Å². The largest absolute Gasteiger partial charge is 0.351 e. The number of halogens is 2. The fraction of sp³-hybridized carbons (Fsp3) is 0.235. The van der Waals surface area contributed by atoms with E-state index >= 15 is 0 Å². The summed E-state index contributed by atoms with van der Waals surface area (Å²) in [5.74, 6) is -2.97. The molecular formula is C17H18F2N4O2. The van der Waals surface area contributed by atoms with Crippen molar-refractivity contribution in [2.45, 2.75) is 0 Å². The minimum atomic E-state index is -0.897. The number of para-hydroxylation sites is 1. The molecular weight excluding hydrogens is 330 g/mol. The summed E-state index contributed by atoms with van der Waals surface area (Å²) in [6.07, 6.45) is 1.29. The smallest absolute Gasteiger partial charge is 0.274 e. The molecule has 0 atom stereocenters. The first-order valence-electron chi connectivity index (χ1n) is 7.53. The third-order valence-electron chi connectivity index (χ3n) is 3.30. The van der Waals surface area contributed by atoms with Crippen LogP contribution in [0.1, 0.15) is 20.8 Å². The van der Waals surface area contributed by atoms with Gasteiger partial charge in [0.2, 0.25) is 0 Å². The lowest BCUT2D eigenvalue weighted by atomic mass is 10.2. The molecule has 2 N–H and O–H groups in total. The standard InChI is InChI=1S/C17H18F2N4O2/c1-23(2)9-8-21-16(24)11-6-7-20-14(10-11)17(25)22-15-12(18)4-3-5-13(15)19/h3-7,10H,8-9H2,1-2H3,(H,21,24)(H,22,25). The van der Waals surface area contributed by atoms with E-state index in [2.05, 4.69) is 15.6 Å². The first kappa shape index (κ1) is 18.5. The fourth-order valence-electron chi connectivity index (χ4n) is 1.99. The van der Waals surface area contributed by atoms with Crippen molar-refractivity contribution in [1.82, 2.24) is 15.2 Å². The molecule has 25 heavy (non-hydrogen) atoms. The minimum absolute atomic E-state index is 0.122. The molecule has 0 spiro atoms. The molecule has 0 fully saturated rings. The molecule has 0 saturated heterocycles. The van der Waals surface area contributed by atoms with Crippen LogP contribution in [0, 0.1) is 11.6 Å². The molecule has 0 unspecified atom stereocenters. The summed E-state index contributed by atoms with van der Waals surface area (Å²) in [7, 11) is 3.76. The van der Waals surface area contributed by atoms with Gasteiger partial charge in [0, 0.05) is 24.8 Å². The highest BCUT2D eigenvalue weighted by atomic mass is 19.1. The maximum absolute atomic E-state index is 13.6. The first-order valence-corrected chi connectivity index (χ1v) is 7.53. The SMILES string of the molecule is CN(C)CCNC(=O)c1ccnc(C(=O)Nc2c(F)cccc2F)c1. The Labute approximate surface area is 143 Å². The number of amides is 2. The molecule has 0 radical (unpaired) electrons. The van der Waals surface area contributed by atoms with Gasteiger partial charge in [-0.2, -0.15) is 0 Å². The number of pyridine rings is 1. The number of nitrogens with zero attached hydrogens (tertiary/aromatic N) is 2. The lowest BCUT2D eigenvalue weighted by Crippen LogP contribution is -2.31.